The molecule has 0 aliphatic carbocycles. The minimum absolute atomic E-state index is 0.119. The van der Waals surface area contributed by atoms with E-state index >= 15 is 0 Å². The van der Waals surface area contributed by atoms with Crippen LogP contribution in [0.25, 0.3) is 6.08 Å². The molecular weight excluding hydrogens is 390 g/mol. The number of hydrogen-bond donors (Lipinski definition) is 0. The van der Waals surface area contributed by atoms with Crippen LogP contribution in [-0.2, 0) is 20.9 Å². The minimum atomic E-state index is -1.06. The van der Waals surface area contributed by atoms with Crippen LogP contribution in [0.15, 0.2) is 42.0 Å². The Morgan fingerprint density at radius 1 is 1.19 bits per heavy atom. The van der Waals surface area contributed by atoms with E-state index in [0.29, 0.717) is 18.7 Å². The first kappa shape index (κ1) is 22.4. The molecule has 2 aromatic rings. The van der Waals surface area contributed by atoms with Crippen molar-refractivity contribution < 1.29 is 14.3 Å². The maximum atomic E-state index is 13.1. The second-order valence-electron chi connectivity index (χ2n) is 7.88. The van der Waals surface area contributed by atoms with E-state index in [2.05, 4.69) is 11.5 Å². The van der Waals surface area contributed by atoms with Gasteiger partial charge in [-0.3, -0.25) is 4.79 Å². The SMILES string of the molecule is CCCn1c(C)cc(/C=C(\C#N)C(=O)O[C@@H](C(=O)N2CCCC2)c2ccccc2)c1C. The fraction of sp³-hybridized carbons (Fsp3) is 0.400. The van der Waals surface area contributed by atoms with E-state index < -0.39 is 12.1 Å². The zero-order valence-electron chi connectivity index (χ0n) is 18.4. The summed E-state index contributed by atoms with van der Waals surface area (Å²) in [5.41, 5.74) is 3.36. The quantitative estimate of drug-likeness (QED) is 0.380. The van der Waals surface area contributed by atoms with Gasteiger partial charge in [-0.1, -0.05) is 37.3 Å². The molecule has 1 aliphatic heterocycles. The van der Waals surface area contributed by atoms with Gasteiger partial charge in [0.25, 0.3) is 5.91 Å². The molecule has 1 saturated heterocycles. The molecule has 0 radical (unpaired) electrons. The number of nitrogens with zero attached hydrogens (tertiary/aromatic N) is 3. The second kappa shape index (κ2) is 10.1. The molecule has 0 saturated carbocycles. The monoisotopic (exact) mass is 419 g/mol. The summed E-state index contributed by atoms with van der Waals surface area (Å²) in [4.78, 5) is 27.7. The number of aromatic nitrogens is 1. The first-order chi connectivity index (χ1) is 15.0. The Morgan fingerprint density at radius 2 is 1.87 bits per heavy atom. The molecule has 2 heterocycles. The van der Waals surface area contributed by atoms with Crippen molar-refractivity contribution in [3.05, 3.63) is 64.5 Å². The van der Waals surface area contributed by atoms with Crippen molar-refractivity contribution in [3.63, 3.8) is 0 Å². The summed E-state index contributed by atoms with van der Waals surface area (Å²) in [7, 11) is 0. The fourth-order valence-electron chi connectivity index (χ4n) is 4.00. The highest BCUT2D eigenvalue weighted by Gasteiger charge is 2.31. The van der Waals surface area contributed by atoms with Crippen molar-refractivity contribution in [2.75, 3.05) is 13.1 Å². The number of amides is 1. The Hall–Kier alpha value is -3.33. The van der Waals surface area contributed by atoms with Gasteiger partial charge in [0.15, 0.2) is 0 Å². The number of carbonyl (C=O) groups is 2. The second-order valence-corrected chi connectivity index (χ2v) is 7.88. The van der Waals surface area contributed by atoms with Crippen LogP contribution in [0.3, 0.4) is 0 Å². The van der Waals surface area contributed by atoms with Gasteiger partial charge in [0, 0.05) is 36.6 Å². The summed E-state index contributed by atoms with van der Waals surface area (Å²) >= 11 is 0. The number of nitriles is 1. The molecule has 1 aromatic carbocycles. The van der Waals surface area contributed by atoms with Gasteiger partial charge in [-0.15, -0.1) is 0 Å². The van der Waals surface area contributed by atoms with E-state index in [9.17, 15) is 14.9 Å². The molecule has 1 amide bonds. The Balaban J connectivity index is 1.88. The highest BCUT2D eigenvalue weighted by atomic mass is 16.5. The third-order valence-corrected chi connectivity index (χ3v) is 5.67. The van der Waals surface area contributed by atoms with E-state index in [0.717, 1.165) is 42.8 Å². The molecule has 0 unspecified atom stereocenters. The number of benzene rings is 1. The molecule has 1 atom stereocenters. The number of rotatable bonds is 7. The number of likely N-dealkylation sites (tertiary alicyclic amines) is 1. The van der Waals surface area contributed by atoms with E-state index in [1.807, 2.05) is 32.0 Å². The Bertz CT molecular complexity index is 1010. The Labute approximate surface area is 183 Å². The lowest BCUT2D eigenvalue weighted by atomic mass is 10.1. The molecular formula is C25H29N3O3. The molecule has 162 valence electrons. The van der Waals surface area contributed by atoms with Crippen molar-refractivity contribution in [3.8, 4) is 6.07 Å². The van der Waals surface area contributed by atoms with E-state index in [4.69, 9.17) is 4.74 Å². The van der Waals surface area contributed by atoms with Gasteiger partial charge in [-0.25, -0.2) is 4.79 Å². The highest BCUT2D eigenvalue weighted by Crippen LogP contribution is 2.25. The minimum Gasteiger partial charge on any atom is -0.443 e. The van der Waals surface area contributed by atoms with Gasteiger partial charge in [0.1, 0.15) is 11.6 Å². The van der Waals surface area contributed by atoms with Crippen molar-refractivity contribution in [2.45, 2.75) is 52.7 Å². The maximum absolute atomic E-state index is 13.1. The average molecular weight is 420 g/mol. The van der Waals surface area contributed by atoms with Gasteiger partial charge in [-0.2, -0.15) is 5.26 Å². The number of aryl methyl sites for hydroxylation is 1. The maximum Gasteiger partial charge on any atom is 0.350 e. The zero-order chi connectivity index (χ0) is 22.4. The molecule has 31 heavy (non-hydrogen) atoms. The molecule has 6 nitrogen and oxygen atoms in total. The molecule has 1 aromatic heterocycles. The summed E-state index contributed by atoms with van der Waals surface area (Å²) < 4.78 is 7.80. The molecule has 1 aliphatic rings. The van der Waals surface area contributed by atoms with Crippen LogP contribution in [0.1, 0.15) is 54.8 Å². The summed E-state index contributed by atoms with van der Waals surface area (Å²) in [6.45, 7) is 8.27. The molecule has 0 bridgehead atoms. The van der Waals surface area contributed by atoms with Crippen molar-refractivity contribution in [1.29, 1.82) is 5.26 Å². The molecule has 1 fully saturated rings. The standard InChI is InChI=1S/C25H29N3O3/c1-4-12-28-18(2)15-21(19(28)3)16-22(17-26)25(30)31-23(20-10-6-5-7-11-20)24(29)27-13-8-9-14-27/h5-7,10-11,15-16,23H,4,8-9,12-14H2,1-3H3/b22-16+/t23-/m1/s1. The summed E-state index contributed by atoms with van der Waals surface area (Å²) in [5.74, 6) is -1.03. The van der Waals surface area contributed by atoms with Gasteiger partial charge >= 0.3 is 5.97 Å². The molecule has 6 heteroatoms. The van der Waals surface area contributed by atoms with Crippen LogP contribution in [0.5, 0.6) is 0 Å². The predicted molar refractivity (Wildman–Crippen MR) is 119 cm³/mol. The number of esters is 1. The topological polar surface area (TPSA) is 75.3 Å². The Morgan fingerprint density at radius 3 is 2.48 bits per heavy atom. The number of hydrogen-bond acceptors (Lipinski definition) is 4. The zero-order valence-corrected chi connectivity index (χ0v) is 18.4. The van der Waals surface area contributed by atoms with Crippen molar-refractivity contribution >= 4 is 18.0 Å². The summed E-state index contributed by atoms with van der Waals surface area (Å²) in [6, 6.07) is 12.9. The first-order valence-electron chi connectivity index (χ1n) is 10.8. The summed E-state index contributed by atoms with van der Waals surface area (Å²) in [5, 5.41) is 9.64. The van der Waals surface area contributed by atoms with Gasteiger partial charge in [0.05, 0.1) is 0 Å². The lowest BCUT2D eigenvalue weighted by Gasteiger charge is -2.23. The van der Waals surface area contributed by atoms with Crippen LogP contribution >= 0.6 is 0 Å². The Kier molecular flexibility index (Phi) is 7.30. The lowest BCUT2D eigenvalue weighted by molar-refractivity contribution is -0.157. The summed E-state index contributed by atoms with van der Waals surface area (Å²) in [6.07, 6.45) is 3.37. The smallest absolute Gasteiger partial charge is 0.350 e. The molecule has 0 N–H and O–H groups in total. The van der Waals surface area contributed by atoms with Crippen LogP contribution in [0.4, 0.5) is 0 Å². The predicted octanol–water partition coefficient (Wildman–Crippen LogP) is 4.33. The number of ether oxygens (including phenoxy) is 1. The van der Waals surface area contributed by atoms with Gasteiger partial charge in [0.2, 0.25) is 6.10 Å². The first-order valence-corrected chi connectivity index (χ1v) is 10.8. The highest BCUT2D eigenvalue weighted by molar-refractivity contribution is 5.99. The largest absolute Gasteiger partial charge is 0.443 e. The van der Waals surface area contributed by atoms with E-state index in [-0.39, 0.29) is 11.5 Å². The normalized spacial score (nSPS) is 14.9. The number of carbonyl (C=O) groups excluding carboxylic acids is 2. The van der Waals surface area contributed by atoms with E-state index in [1.54, 1.807) is 35.2 Å². The average Bonchev–Trinajstić information content (AvgIpc) is 3.40. The van der Waals surface area contributed by atoms with Crippen molar-refractivity contribution in [1.82, 2.24) is 9.47 Å². The molecule has 0 spiro atoms. The van der Waals surface area contributed by atoms with Crippen LogP contribution in [-0.4, -0.2) is 34.4 Å². The van der Waals surface area contributed by atoms with Crippen molar-refractivity contribution in [2.24, 2.45) is 0 Å². The van der Waals surface area contributed by atoms with Crippen LogP contribution in [0, 0.1) is 25.2 Å². The molecule has 3 rings (SSSR count). The van der Waals surface area contributed by atoms with Gasteiger partial charge < -0.3 is 14.2 Å². The third kappa shape index (κ3) is 5.05. The van der Waals surface area contributed by atoms with Crippen LogP contribution in [0.2, 0.25) is 0 Å². The fourth-order valence-corrected chi connectivity index (χ4v) is 4.00. The lowest BCUT2D eigenvalue weighted by Crippen LogP contribution is -2.35. The van der Waals surface area contributed by atoms with Gasteiger partial charge in [-0.05, 0) is 50.8 Å². The van der Waals surface area contributed by atoms with E-state index in [1.165, 1.54) is 0 Å². The third-order valence-electron chi connectivity index (χ3n) is 5.67. The van der Waals surface area contributed by atoms with Crippen LogP contribution < -0.4 is 0 Å².